The van der Waals surface area contributed by atoms with E-state index in [1.165, 1.54) is 64.8 Å². The van der Waals surface area contributed by atoms with Crippen LogP contribution in [0, 0.1) is 30.6 Å². The van der Waals surface area contributed by atoms with E-state index in [1.54, 1.807) is 54.0 Å². The van der Waals surface area contributed by atoms with Gasteiger partial charge in [-0.15, -0.1) is 45.9 Å². The molecule has 37 heteroatoms. The number of phosphoric ester groups is 1. The summed E-state index contributed by atoms with van der Waals surface area (Å²) in [5, 5.41) is 16.2. The number of carbonyl (C=O) groups excluding carboxylic acids is 10. The van der Waals surface area contributed by atoms with Gasteiger partial charge in [0.25, 0.3) is 11.8 Å². The number of imide groups is 1. The number of anilines is 3. The van der Waals surface area contributed by atoms with Crippen LogP contribution in [-0.2, 0) is 77.9 Å². The highest BCUT2D eigenvalue weighted by molar-refractivity contribution is 7.46. The minimum atomic E-state index is -4.97. The van der Waals surface area contributed by atoms with Crippen molar-refractivity contribution in [3.8, 4) is 11.5 Å². The Balaban J connectivity index is 0.631. The molecule has 5 aromatic rings. The summed E-state index contributed by atoms with van der Waals surface area (Å²) in [4.78, 5) is 159. The van der Waals surface area contributed by atoms with Gasteiger partial charge in [0.05, 0.1) is 117 Å². The first-order valence-corrected chi connectivity index (χ1v) is 40.9. The number of hydrogen-bond donors (Lipinski definition) is 7. The number of nitrogens with two attached hydrogens (primary N) is 1. The second-order valence-corrected chi connectivity index (χ2v) is 31.9. The van der Waals surface area contributed by atoms with E-state index in [0.717, 1.165) is 37.9 Å². The van der Waals surface area contributed by atoms with Crippen LogP contribution in [0.2, 0.25) is 0 Å². The van der Waals surface area contributed by atoms with Gasteiger partial charge < -0.3 is 89.0 Å². The summed E-state index contributed by atoms with van der Waals surface area (Å²) >= 11 is 15.9. The molecular weight excluding hydrogens is 1550 g/mol. The lowest BCUT2D eigenvalue weighted by Gasteiger charge is -2.69. The molecule has 3 aliphatic heterocycles. The first kappa shape index (κ1) is 85.3. The number of hydrogen-bond acceptors (Lipinski definition) is 22. The Morgan fingerprint density at radius 2 is 1.14 bits per heavy atom. The van der Waals surface area contributed by atoms with Gasteiger partial charge in [0.1, 0.15) is 18.7 Å². The van der Waals surface area contributed by atoms with E-state index in [2.05, 4.69) is 21.3 Å². The van der Waals surface area contributed by atoms with Crippen molar-refractivity contribution in [1.82, 2.24) is 30.7 Å². The van der Waals surface area contributed by atoms with Crippen LogP contribution in [0.5, 0.6) is 11.5 Å². The molecule has 3 saturated carbocycles. The van der Waals surface area contributed by atoms with Crippen molar-refractivity contribution in [3.63, 3.8) is 0 Å². The number of nitrogens with zero attached hydrogens (tertiary/aromatic N) is 5. The zero-order valence-corrected chi connectivity index (χ0v) is 66.7. The van der Waals surface area contributed by atoms with Crippen molar-refractivity contribution in [2.75, 3.05) is 160 Å². The summed E-state index contributed by atoms with van der Waals surface area (Å²) < 4.78 is 63.2. The number of fused-ring (bicyclic) bond motifs is 6. The molecule has 11 amide bonds. The number of benzene rings is 3. The Labute approximate surface area is 659 Å². The Morgan fingerprint density at radius 3 is 1.63 bits per heavy atom. The molecule has 2 bridgehead atoms. The van der Waals surface area contributed by atoms with Gasteiger partial charge >= 0.3 is 26.0 Å². The summed E-state index contributed by atoms with van der Waals surface area (Å²) in [6.45, 7) is 11.5. The van der Waals surface area contributed by atoms with Crippen molar-refractivity contribution in [2.24, 2.45) is 22.5 Å². The standard InChI is InChI=1S/C74H95Cl2N10O22PS2/c1-44(2)63(81-56(87)15-20-100-22-24-102-26-28-104-30-31-105-29-27-103-25-23-101-21-19-84-57(88)13-14-58(84)89)67(91)80-51(8-7-16-78-70(77)94)66(90)79-50-11-9-47(10-12-50)38-106-71(95)82(5)17-18-83(6)72(96)107-54-32-52-61(59-45(3)39-110-64(54)59)48(34-75)36-85(52)68(92)73-41-74(42-73,43-73)69(93)86-37-49(35-76)62-53(86)33-55(108-109(97,98)99)65-60(62)46(4)40-111-65/h9-14,32-33,39-40,44,48-49,51,63H,7-8,15-31,34-38,41-43H2,1-6H3,(H,79,90)(H,80,91)(H,81,87)(H3,77,78,94)(H2,97,98,99)/t48-,49-,51+,63?,73?,74?/m1/s1. The molecular formula is C74H95Cl2N10O22PS2. The maximum atomic E-state index is 15.0. The first-order valence-electron chi connectivity index (χ1n) is 36.5. The number of alkyl halides is 2. The van der Waals surface area contributed by atoms with Crippen molar-refractivity contribution in [1.29, 1.82) is 0 Å². The van der Waals surface area contributed by atoms with Crippen molar-refractivity contribution in [2.45, 2.75) is 96.7 Å². The molecule has 0 spiro atoms. The lowest BCUT2D eigenvalue weighted by Crippen LogP contribution is -2.73. The highest BCUT2D eigenvalue weighted by Gasteiger charge is 2.76. The molecule has 1 unspecified atom stereocenters. The normalized spacial score (nSPS) is 18.7. The number of nitrogens with one attached hydrogen (secondary N) is 4. The van der Waals surface area contributed by atoms with Crippen LogP contribution in [0.4, 0.5) is 31.4 Å². The Kier molecular flexibility index (Phi) is 29.7. The molecule has 8 N–H and O–H groups in total. The minimum absolute atomic E-state index is 0.0278. The predicted molar refractivity (Wildman–Crippen MR) is 414 cm³/mol. The lowest BCUT2D eigenvalue weighted by atomic mass is 9.34. The number of thiophene rings is 2. The molecule has 4 atom stereocenters. The summed E-state index contributed by atoms with van der Waals surface area (Å²) in [7, 11) is -1.93. The van der Waals surface area contributed by atoms with E-state index in [-0.39, 0.29) is 156 Å². The number of rotatable bonds is 43. The number of aryl methyl sites for hydroxylation is 2. The van der Waals surface area contributed by atoms with Gasteiger partial charge in [0.2, 0.25) is 29.5 Å². The van der Waals surface area contributed by atoms with Gasteiger partial charge in [-0.3, -0.25) is 48.2 Å². The Bertz CT molecular complexity index is 4290. The number of urea groups is 1. The van der Waals surface area contributed by atoms with Crippen molar-refractivity contribution >= 4 is 151 Å². The minimum Gasteiger partial charge on any atom is -0.445 e. The molecule has 5 heterocycles. The van der Waals surface area contributed by atoms with Crippen LogP contribution in [0.15, 0.2) is 59.3 Å². The van der Waals surface area contributed by atoms with Gasteiger partial charge in [0, 0.05) is 118 Å². The average Bonchev–Trinajstić information content (AvgIpc) is 1.58. The third-order valence-corrected chi connectivity index (χ3v) is 23.4. The molecule has 3 aromatic carbocycles. The number of likely N-dealkylation sites (N-methyl/N-ethyl adjacent to an activating group) is 2. The molecule has 0 radical (unpaired) electrons. The molecule has 604 valence electrons. The van der Waals surface area contributed by atoms with E-state index in [4.69, 9.17) is 71.4 Å². The summed E-state index contributed by atoms with van der Waals surface area (Å²) in [5.41, 5.74) is 9.00. The number of phosphoric acid groups is 1. The summed E-state index contributed by atoms with van der Waals surface area (Å²) in [6, 6.07) is 6.78. The smallest absolute Gasteiger partial charge is 0.445 e. The second-order valence-electron chi connectivity index (χ2n) is 28.4. The number of primary amides is 1. The molecule has 3 fully saturated rings. The van der Waals surface area contributed by atoms with Gasteiger partial charge in [0.15, 0.2) is 11.5 Å². The van der Waals surface area contributed by atoms with Crippen molar-refractivity contribution in [3.05, 3.63) is 87.1 Å². The topological polar surface area (TPSA) is 402 Å². The van der Waals surface area contributed by atoms with Crippen LogP contribution < -0.4 is 46.1 Å². The Hall–Kier alpha value is -8.09. The van der Waals surface area contributed by atoms with Crippen molar-refractivity contribution < 1.29 is 105 Å². The first-order chi connectivity index (χ1) is 53.1. The fourth-order valence-corrected chi connectivity index (χ4v) is 17.4. The molecule has 2 aromatic heterocycles. The summed E-state index contributed by atoms with van der Waals surface area (Å²) in [6.07, 6.45) is 2.19. The molecule has 3 aliphatic carbocycles. The van der Waals surface area contributed by atoms with E-state index in [0.29, 0.717) is 104 Å². The molecule has 11 rings (SSSR count). The van der Waals surface area contributed by atoms with Gasteiger partial charge in [-0.1, -0.05) is 26.0 Å². The monoisotopic (exact) mass is 1640 g/mol. The lowest BCUT2D eigenvalue weighted by molar-refractivity contribution is -0.205. The molecule has 6 aliphatic rings. The maximum Gasteiger partial charge on any atom is 0.524 e. The largest absolute Gasteiger partial charge is 0.524 e. The highest BCUT2D eigenvalue weighted by atomic mass is 35.5. The van der Waals surface area contributed by atoms with Crippen LogP contribution in [-0.4, -0.2) is 241 Å². The zero-order chi connectivity index (χ0) is 79.9. The fourth-order valence-electron chi connectivity index (χ4n) is 14.4. The molecule has 0 saturated heterocycles. The third kappa shape index (κ3) is 21.0. The SMILES string of the molecule is Cc1csc2c(OC(=O)N(C)CCN(C)C(=O)OCc3ccc(NC(=O)[C@H](CCCNC(N)=O)NC(=O)C(NC(=O)CCOCCOCCOCCOCCOCCOCCN4C(=O)C=CC4=O)C(C)C)cc3)cc3c(c12)[C@H](CCl)CN3C(=O)C12CC(C(=O)N3C[C@@H](CCl)c4c3cc(OP(=O)(O)O)c3scc(C)c43)(C1)C2. The highest BCUT2D eigenvalue weighted by Crippen LogP contribution is 2.75. The fraction of sp³-hybridized carbons (Fsp3) is 0.541. The van der Waals surface area contributed by atoms with E-state index >= 15 is 0 Å². The molecule has 32 nitrogen and oxygen atoms in total. The zero-order valence-electron chi connectivity index (χ0n) is 62.6. The maximum absolute atomic E-state index is 15.0. The summed E-state index contributed by atoms with van der Waals surface area (Å²) in [5.74, 6) is -2.98. The van der Waals surface area contributed by atoms with E-state index < -0.39 is 66.7 Å². The van der Waals surface area contributed by atoms with Crippen LogP contribution >= 0.6 is 53.7 Å². The average molecular weight is 1640 g/mol. The predicted octanol–water partition coefficient (Wildman–Crippen LogP) is 7.54. The van der Waals surface area contributed by atoms with Gasteiger partial charge in [-0.2, -0.15) is 0 Å². The van der Waals surface area contributed by atoms with Gasteiger partial charge in [-0.05, 0) is 103 Å². The third-order valence-electron chi connectivity index (χ3n) is 20.0. The molecule has 111 heavy (non-hydrogen) atoms. The van der Waals surface area contributed by atoms with Crippen LogP contribution in [0.25, 0.3) is 20.2 Å². The van der Waals surface area contributed by atoms with E-state index in [1.807, 2.05) is 24.6 Å². The van der Waals surface area contributed by atoms with E-state index in [9.17, 15) is 62.3 Å². The quantitative estimate of drug-likeness (QED) is 0.00857. The number of ether oxygens (including phenoxy) is 8. The Morgan fingerprint density at radius 1 is 0.667 bits per heavy atom. The van der Waals surface area contributed by atoms with Crippen LogP contribution in [0.3, 0.4) is 0 Å². The van der Waals surface area contributed by atoms with Gasteiger partial charge in [-0.25, -0.2) is 18.9 Å². The number of halogens is 2. The number of amides is 11. The van der Waals surface area contributed by atoms with Crippen LogP contribution in [0.1, 0.15) is 92.0 Å². The number of carbonyl (C=O) groups is 10. The second kappa shape index (κ2) is 38.6.